The van der Waals surface area contributed by atoms with Crippen LogP contribution in [0.5, 0.6) is 0 Å². The summed E-state index contributed by atoms with van der Waals surface area (Å²) >= 11 is 1.34. The number of rotatable bonds is 3. The molecule has 26 heavy (non-hydrogen) atoms. The van der Waals surface area contributed by atoms with Crippen LogP contribution in [0.25, 0.3) is 10.9 Å². The van der Waals surface area contributed by atoms with Crippen molar-refractivity contribution in [3.8, 4) is 6.07 Å². The predicted octanol–water partition coefficient (Wildman–Crippen LogP) is 3.78. The Morgan fingerprint density at radius 1 is 1.15 bits per heavy atom. The quantitative estimate of drug-likeness (QED) is 0.668. The Hall–Kier alpha value is -2.84. The molecule has 3 aromatic rings. The van der Waals surface area contributed by atoms with E-state index in [1.165, 1.54) is 22.9 Å². The van der Waals surface area contributed by atoms with Crippen molar-refractivity contribution in [2.45, 2.75) is 18.0 Å². The molecule has 2 aromatic carbocycles. The maximum atomic E-state index is 12.6. The van der Waals surface area contributed by atoms with Crippen molar-refractivity contribution in [1.29, 1.82) is 5.26 Å². The zero-order valence-electron chi connectivity index (χ0n) is 14.2. The fourth-order valence-electron chi connectivity index (χ4n) is 3.22. The smallest absolute Gasteiger partial charge is 0.233 e. The zero-order chi connectivity index (χ0) is 17.9. The Bertz CT molecular complexity index is 1030. The fourth-order valence-corrected chi connectivity index (χ4v) is 4.08. The van der Waals surface area contributed by atoms with Gasteiger partial charge in [0.25, 0.3) is 0 Å². The number of amides is 1. The number of nitrogens with zero attached hydrogens (tertiary/aromatic N) is 3. The Morgan fingerprint density at radius 3 is 2.77 bits per heavy atom. The van der Waals surface area contributed by atoms with Crippen molar-refractivity contribution >= 4 is 28.6 Å². The molecule has 0 bridgehead atoms. The summed E-state index contributed by atoms with van der Waals surface area (Å²) in [5, 5.41) is 11.0. The molecule has 0 spiro atoms. The van der Waals surface area contributed by atoms with Crippen LogP contribution in [-0.4, -0.2) is 28.1 Å². The molecule has 1 amide bonds. The van der Waals surface area contributed by atoms with Gasteiger partial charge in [-0.25, -0.2) is 4.98 Å². The molecule has 0 saturated carbocycles. The van der Waals surface area contributed by atoms with Gasteiger partial charge in [0.1, 0.15) is 11.1 Å². The molecule has 2 heterocycles. The van der Waals surface area contributed by atoms with Crippen molar-refractivity contribution in [1.82, 2.24) is 9.88 Å². The number of hydrogen-bond donors (Lipinski definition) is 0. The largest absolute Gasteiger partial charge is 0.337 e. The topological polar surface area (TPSA) is 57.0 Å². The van der Waals surface area contributed by atoms with E-state index in [1.807, 2.05) is 47.4 Å². The number of para-hydroxylation sites is 1. The SMILES string of the molecule is N#Cc1cc2ccccc2nc1SCC(=O)N1CCc2ccccc2C1. The Balaban J connectivity index is 1.48. The van der Waals surface area contributed by atoms with Gasteiger partial charge in [-0.2, -0.15) is 5.26 Å². The number of fused-ring (bicyclic) bond motifs is 2. The van der Waals surface area contributed by atoms with Gasteiger partial charge in [-0.3, -0.25) is 4.79 Å². The lowest BCUT2D eigenvalue weighted by atomic mass is 10.00. The van der Waals surface area contributed by atoms with E-state index in [0.717, 1.165) is 23.9 Å². The number of benzene rings is 2. The minimum atomic E-state index is 0.0864. The van der Waals surface area contributed by atoms with Crippen LogP contribution in [0.3, 0.4) is 0 Å². The Labute approximate surface area is 156 Å². The number of pyridine rings is 1. The fraction of sp³-hybridized carbons (Fsp3) is 0.190. The molecule has 0 atom stereocenters. The zero-order valence-corrected chi connectivity index (χ0v) is 15.0. The molecule has 0 fully saturated rings. The van der Waals surface area contributed by atoms with Gasteiger partial charge in [-0.15, -0.1) is 0 Å². The molecule has 128 valence electrons. The summed E-state index contributed by atoms with van der Waals surface area (Å²) in [7, 11) is 0. The second kappa shape index (κ2) is 7.19. The minimum Gasteiger partial charge on any atom is -0.337 e. The third kappa shape index (κ3) is 3.29. The van der Waals surface area contributed by atoms with Crippen LogP contribution in [0.4, 0.5) is 0 Å². The van der Waals surface area contributed by atoms with Gasteiger partial charge in [0.05, 0.1) is 16.8 Å². The van der Waals surface area contributed by atoms with E-state index >= 15 is 0 Å². The molecule has 1 aromatic heterocycles. The summed E-state index contributed by atoms with van der Waals surface area (Å²) in [6.45, 7) is 1.40. The average Bonchev–Trinajstić information content (AvgIpc) is 2.70. The first-order valence-electron chi connectivity index (χ1n) is 8.52. The first-order valence-corrected chi connectivity index (χ1v) is 9.50. The van der Waals surface area contributed by atoms with Crippen molar-refractivity contribution in [2.75, 3.05) is 12.3 Å². The summed E-state index contributed by atoms with van der Waals surface area (Å²) in [6, 6.07) is 20.0. The molecule has 0 radical (unpaired) electrons. The molecule has 4 rings (SSSR count). The lowest BCUT2D eigenvalue weighted by molar-refractivity contribution is -0.129. The molecule has 1 aliphatic rings. The van der Waals surface area contributed by atoms with E-state index < -0.39 is 0 Å². The van der Waals surface area contributed by atoms with E-state index in [0.29, 0.717) is 22.9 Å². The van der Waals surface area contributed by atoms with Crippen LogP contribution in [0.1, 0.15) is 16.7 Å². The summed E-state index contributed by atoms with van der Waals surface area (Å²) in [5.74, 6) is 0.380. The average molecular weight is 359 g/mol. The normalized spacial score (nSPS) is 13.3. The molecule has 0 aliphatic carbocycles. The van der Waals surface area contributed by atoms with Crippen molar-refractivity contribution < 1.29 is 4.79 Å². The molecule has 5 heteroatoms. The summed E-state index contributed by atoms with van der Waals surface area (Å²) in [5.41, 5.74) is 3.91. The van der Waals surface area contributed by atoms with E-state index in [-0.39, 0.29) is 5.91 Å². The third-order valence-corrected chi connectivity index (χ3v) is 5.60. The summed E-state index contributed by atoms with van der Waals surface area (Å²) in [4.78, 5) is 19.1. The van der Waals surface area contributed by atoms with Crippen molar-refractivity contribution in [3.05, 3.63) is 71.3 Å². The molecule has 0 saturated heterocycles. The monoisotopic (exact) mass is 359 g/mol. The standard InChI is InChI=1S/C21H17N3OS/c22-12-18-11-16-6-3-4-8-19(16)23-21(18)26-14-20(25)24-10-9-15-5-1-2-7-17(15)13-24/h1-8,11H,9-10,13-14H2. The number of hydrogen-bond acceptors (Lipinski definition) is 4. The molecule has 1 aliphatic heterocycles. The van der Waals surface area contributed by atoms with Gasteiger partial charge in [0.2, 0.25) is 5.91 Å². The maximum Gasteiger partial charge on any atom is 0.233 e. The summed E-state index contributed by atoms with van der Waals surface area (Å²) < 4.78 is 0. The second-order valence-electron chi connectivity index (χ2n) is 6.27. The highest BCUT2D eigenvalue weighted by molar-refractivity contribution is 8.00. The van der Waals surface area contributed by atoms with Crippen molar-refractivity contribution in [3.63, 3.8) is 0 Å². The lowest BCUT2D eigenvalue weighted by Gasteiger charge is -2.28. The highest BCUT2D eigenvalue weighted by Gasteiger charge is 2.21. The van der Waals surface area contributed by atoms with Gasteiger partial charge in [0, 0.05) is 18.5 Å². The highest BCUT2D eigenvalue weighted by atomic mass is 32.2. The molecule has 4 nitrogen and oxygen atoms in total. The third-order valence-electron chi connectivity index (χ3n) is 4.63. The van der Waals surface area contributed by atoms with Crippen LogP contribution in [0.15, 0.2) is 59.6 Å². The van der Waals surface area contributed by atoms with Gasteiger partial charge in [-0.1, -0.05) is 54.2 Å². The van der Waals surface area contributed by atoms with Crippen LogP contribution in [-0.2, 0) is 17.8 Å². The predicted molar refractivity (Wildman–Crippen MR) is 103 cm³/mol. The Morgan fingerprint density at radius 2 is 1.92 bits per heavy atom. The molecular formula is C21H17N3OS. The van der Waals surface area contributed by atoms with E-state index in [9.17, 15) is 10.1 Å². The van der Waals surface area contributed by atoms with E-state index in [4.69, 9.17) is 0 Å². The second-order valence-corrected chi connectivity index (χ2v) is 7.23. The van der Waals surface area contributed by atoms with Crippen LogP contribution >= 0.6 is 11.8 Å². The lowest BCUT2D eigenvalue weighted by Crippen LogP contribution is -2.37. The summed E-state index contributed by atoms with van der Waals surface area (Å²) in [6.07, 6.45) is 0.893. The van der Waals surface area contributed by atoms with Crippen LogP contribution < -0.4 is 0 Å². The number of aromatic nitrogens is 1. The maximum absolute atomic E-state index is 12.6. The van der Waals surface area contributed by atoms with Gasteiger partial charge in [0.15, 0.2) is 0 Å². The number of nitriles is 1. The van der Waals surface area contributed by atoms with Gasteiger partial charge in [-0.05, 0) is 29.7 Å². The van der Waals surface area contributed by atoms with E-state index in [2.05, 4.69) is 23.2 Å². The van der Waals surface area contributed by atoms with E-state index in [1.54, 1.807) is 0 Å². The first kappa shape index (κ1) is 16.6. The van der Waals surface area contributed by atoms with Crippen molar-refractivity contribution in [2.24, 2.45) is 0 Å². The number of thioether (sulfide) groups is 1. The number of carbonyl (C=O) groups is 1. The number of carbonyl (C=O) groups excluding carboxylic acids is 1. The molecule has 0 unspecified atom stereocenters. The highest BCUT2D eigenvalue weighted by Crippen LogP contribution is 2.26. The molecular weight excluding hydrogens is 342 g/mol. The molecule has 0 N–H and O–H groups in total. The van der Waals surface area contributed by atoms with Crippen LogP contribution in [0.2, 0.25) is 0 Å². The minimum absolute atomic E-state index is 0.0864. The van der Waals surface area contributed by atoms with Crippen LogP contribution in [0, 0.1) is 11.3 Å². The first-order chi connectivity index (χ1) is 12.7. The van der Waals surface area contributed by atoms with Gasteiger partial charge < -0.3 is 4.90 Å². The Kier molecular flexibility index (Phi) is 4.59. The van der Waals surface area contributed by atoms with Gasteiger partial charge >= 0.3 is 0 Å².